The number of benzene rings is 2. The molecule has 0 aliphatic rings. The van der Waals surface area contributed by atoms with Crippen molar-refractivity contribution >= 4 is 21.8 Å². The minimum Gasteiger partial charge on any atom is -0.426 e. The molecule has 0 spiro atoms. The predicted molar refractivity (Wildman–Crippen MR) is 95.7 cm³/mol. The highest BCUT2D eigenvalue weighted by Gasteiger charge is 2.32. The molecule has 2 aromatic rings. The average molecular weight is 414 g/mol. The van der Waals surface area contributed by atoms with Crippen LogP contribution in [0.2, 0.25) is 0 Å². The van der Waals surface area contributed by atoms with E-state index in [9.17, 15) is 27.0 Å². The molecular formula is C18H17F3N2O4S. The molecular weight excluding hydrogens is 397 g/mol. The van der Waals surface area contributed by atoms with Crippen LogP contribution in [-0.2, 0) is 32.1 Å². The average Bonchev–Trinajstić information content (AvgIpc) is 2.56. The molecule has 1 unspecified atom stereocenters. The summed E-state index contributed by atoms with van der Waals surface area (Å²) in [4.78, 5) is 23.7. The Morgan fingerprint density at radius 2 is 1.79 bits per heavy atom. The SMILES string of the molecule is CC(=O)Oc1cc(C(F)(F)F)cc(C)c1CC(=O)N=S(N)(=O)c1ccccc1. The van der Waals surface area contributed by atoms with Crippen LogP contribution in [-0.4, -0.2) is 16.1 Å². The molecule has 0 heterocycles. The summed E-state index contributed by atoms with van der Waals surface area (Å²) in [6.07, 6.45) is -5.20. The van der Waals surface area contributed by atoms with E-state index >= 15 is 0 Å². The number of ether oxygens (including phenoxy) is 1. The van der Waals surface area contributed by atoms with Crippen molar-refractivity contribution < 1.29 is 31.7 Å². The highest BCUT2D eigenvalue weighted by molar-refractivity contribution is 7.91. The van der Waals surface area contributed by atoms with E-state index in [0.717, 1.165) is 13.0 Å². The lowest BCUT2D eigenvalue weighted by Crippen LogP contribution is -2.17. The van der Waals surface area contributed by atoms with E-state index < -0.39 is 45.7 Å². The van der Waals surface area contributed by atoms with Crippen LogP contribution in [0.15, 0.2) is 51.7 Å². The summed E-state index contributed by atoms with van der Waals surface area (Å²) in [6, 6.07) is 9.14. The molecule has 1 amide bonds. The third kappa shape index (κ3) is 5.40. The van der Waals surface area contributed by atoms with Gasteiger partial charge in [0.25, 0.3) is 5.91 Å². The molecule has 0 saturated carbocycles. The molecule has 0 aromatic heterocycles. The molecule has 0 aliphatic heterocycles. The highest BCUT2D eigenvalue weighted by atomic mass is 32.2. The summed E-state index contributed by atoms with van der Waals surface area (Å²) in [5, 5.41) is 5.64. The molecule has 0 bridgehead atoms. The second kappa shape index (κ2) is 8.11. The summed E-state index contributed by atoms with van der Waals surface area (Å²) in [7, 11) is -3.52. The first-order valence-corrected chi connectivity index (χ1v) is 9.50. The first-order valence-electron chi connectivity index (χ1n) is 7.92. The van der Waals surface area contributed by atoms with Crippen LogP contribution in [0.4, 0.5) is 13.2 Å². The number of halogens is 3. The van der Waals surface area contributed by atoms with Gasteiger partial charge in [-0.05, 0) is 36.8 Å². The number of carbonyl (C=O) groups is 2. The normalized spacial score (nSPS) is 13.5. The van der Waals surface area contributed by atoms with Gasteiger partial charge in [-0.15, -0.1) is 4.36 Å². The smallest absolute Gasteiger partial charge is 0.416 e. The second-order valence-electron chi connectivity index (χ2n) is 5.90. The number of hydrogen-bond acceptors (Lipinski definition) is 4. The van der Waals surface area contributed by atoms with E-state index in [4.69, 9.17) is 9.88 Å². The van der Waals surface area contributed by atoms with E-state index in [1.54, 1.807) is 18.2 Å². The Balaban J connectivity index is 2.44. The van der Waals surface area contributed by atoms with Crippen molar-refractivity contribution in [2.45, 2.75) is 31.3 Å². The number of rotatable bonds is 4. The Hall–Kier alpha value is -2.72. The maximum Gasteiger partial charge on any atom is 0.416 e. The van der Waals surface area contributed by atoms with Crippen LogP contribution in [0, 0.1) is 6.92 Å². The van der Waals surface area contributed by atoms with E-state index in [2.05, 4.69) is 4.36 Å². The molecule has 2 aromatic carbocycles. The van der Waals surface area contributed by atoms with Crippen LogP contribution in [0.1, 0.15) is 23.6 Å². The fourth-order valence-electron chi connectivity index (χ4n) is 2.42. The number of alkyl halides is 3. The summed E-state index contributed by atoms with van der Waals surface area (Å²) in [6.45, 7) is 2.36. The molecule has 0 saturated heterocycles. The largest absolute Gasteiger partial charge is 0.426 e. The van der Waals surface area contributed by atoms with E-state index in [1.165, 1.54) is 19.1 Å². The number of esters is 1. The van der Waals surface area contributed by atoms with Gasteiger partial charge in [0.2, 0.25) is 0 Å². The minimum atomic E-state index is -4.66. The van der Waals surface area contributed by atoms with Crippen LogP contribution >= 0.6 is 0 Å². The van der Waals surface area contributed by atoms with Crippen molar-refractivity contribution in [3.05, 3.63) is 59.2 Å². The second-order valence-corrected chi connectivity index (χ2v) is 7.70. The van der Waals surface area contributed by atoms with Crippen molar-refractivity contribution in [2.75, 3.05) is 0 Å². The molecule has 150 valence electrons. The predicted octanol–water partition coefficient (Wildman–Crippen LogP) is 3.41. The third-order valence-electron chi connectivity index (χ3n) is 3.66. The van der Waals surface area contributed by atoms with Gasteiger partial charge >= 0.3 is 12.1 Å². The minimum absolute atomic E-state index is 0.0280. The number of aryl methyl sites for hydroxylation is 1. The standard InChI is InChI=1S/C18H17F3N2O4S/c1-11-8-13(18(19,20)21)9-16(27-12(2)24)15(11)10-17(25)23-28(22,26)14-6-4-3-5-7-14/h3-9H,10H2,1-2H3,(H2,22,23,25,26). The van der Waals surface area contributed by atoms with Crippen molar-refractivity contribution in [2.24, 2.45) is 9.50 Å². The van der Waals surface area contributed by atoms with Gasteiger partial charge in [0, 0.05) is 12.5 Å². The third-order valence-corrected chi connectivity index (χ3v) is 5.08. The molecule has 1 atom stereocenters. The summed E-state index contributed by atoms with van der Waals surface area (Å²) in [5.74, 6) is -2.18. The zero-order valence-corrected chi connectivity index (χ0v) is 15.8. The van der Waals surface area contributed by atoms with Crippen LogP contribution < -0.4 is 9.88 Å². The number of nitrogens with zero attached hydrogens (tertiary/aromatic N) is 1. The number of carbonyl (C=O) groups excluding carboxylic acids is 2. The van der Waals surface area contributed by atoms with Gasteiger partial charge in [-0.3, -0.25) is 9.59 Å². The van der Waals surface area contributed by atoms with Crippen molar-refractivity contribution in [3.63, 3.8) is 0 Å². The fourth-order valence-corrected chi connectivity index (χ4v) is 3.44. The fraction of sp³-hybridized carbons (Fsp3) is 0.222. The Bertz CT molecular complexity index is 1030. The molecule has 28 heavy (non-hydrogen) atoms. The Labute approximate surface area is 159 Å². The lowest BCUT2D eigenvalue weighted by Gasteiger charge is -2.15. The topological polar surface area (TPSA) is 98.8 Å². The quantitative estimate of drug-likeness (QED) is 0.612. The number of nitrogens with two attached hydrogens (primary N) is 1. The van der Waals surface area contributed by atoms with Crippen molar-refractivity contribution in [1.29, 1.82) is 0 Å². The first-order chi connectivity index (χ1) is 12.9. The van der Waals surface area contributed by atoms with E-state index in [-0.39, 0.29) is 16.0 Å². The Kier molecular flexibility index (Phi) is 6.25. The van der Waals surface area contributed by atoms with Gasteiger partial charge in [0.1, 0.15) is 15.7 Å². The van der Waals surface area contributed by atoms with Gasteiger partial charge < -0.3 is 4.74 Å². The maximum atomic E-state index is 13.0. The molecule has 0 radical (unpaired) electrons. The highest BCUT2D eigenvalue weighted by Crippen LogP contribution is 2.35. The molecule has 0 aliphatic carbocycles. The van der Waals surface area contributed by atoms with E-state index in [1.807, 2.05) is 0 Å². The van der Waals surface area contributed by atoms with Crippen molar-refractivity contribution in [1.82, 2.24) is 0 Å². The lowest BCUT2D eigenvalue weighted by atomic mass is 10.0. The van der Waals surface area contributed by atoms with Crippen LogP contribution in [0.5, 0.6) is 5.75 Å². The molecule has 2 rings (SSSR count). The number of amides is 1. The number of hydrogen-bond donors (Lipinski definition) is 1. The zero-order chi connectivity index (χ0) is 21.1. The summed E-state index contributed by atoms with van der Waals surface area (Å²) in [5.41, 5.74) is -0.931. The lowest BCUT2D eigenvalue weighted by molar-refractivity contribution is -0.138. The van der Waals surface area contributed by atoms with Gasteiger partial charge in [-0.2, -0.15) is 13.2 Å². The Morgan fingerprint density at radius 3 is 2.32 bits per heavy atom. The van der Waals surface area contributed by atoms with E-state index in [0.29, 0.717) is 6.07 Å². The monoisotopic (exact) mass is 414 g/mol. The molecule has 0 fully saturated rings. The van der Waals surface area contributed by atoms with Gasteiger partial charge in [-0.1, -0.05) is 18.2 Å². The summed E-state index contributed by atoms with van der Waals surface area (Å²) >= 11 is 0. The summed E-state index contributed by atoms with van der Waals surface area (Å²) < 4.78 is 59.9. The Morgan fingerprint density at radius 1 is 1.18 bits per heavy atom. The first kappa shape index (κ1) is 21.6. The zero-order valence-electron chi connectivity index (χ0n) is 14.9. The van der Waals surface area contributed by atoms with Crippen LogP contribution in [0.3, 0.4) is 0 Å². The molecule has 6 nitrogen and oxygen atoms in total. The molecule has 2 N–H and O–H groups in total. The van der Waals surface area contributed by atoms with Gasteiger partial charge in [0.15, 0.2) is 0 Å². The van der Waals surface area contributed by atoms with Gasteiger partial charge in [0.05, 0.1) is 16.9 Å². The van der Waals surface area contributed by atoms with Gasteiger partial charge in [-0.25, -0.2) is 9.35 Å². The van der Waals surface area contributed by atoms with Crippen LogP contribution in [0.25, 0.3) is 0 Å². The molecule has 10 heteroatoms. The maximum absolute atomic E-state index is 13.0. The van der Waals surface area contributed by atoms with Crippen molar-refractivity contribution in [3.8, 4) is 5.75 Å².